The second kappa shape index (κ2) is 5.40. The predicted octanol–water partition coefficient (Wildman–Crippen LogP) is 0.753. The number of likely N-dealkylation sites (tertiary alicyclic amines) is 2. The average Bonchev–Trinajstić information content (AvgIpc) is 3.07. The summed E-state index contributed by atoms with van der Waals surface area (Å²) in [5, 5.41) is 7.94. The maximum Gasteiger partial charge on any atom is 0.240 e. The van der Waals surface area contributed by atoms with Crippen LogP contribution in [0.1, 0.15) is 32.1 Å². The van der Waals surface area contributed by atoms with Crippen LogP contribution in [0.4, 0.5) is 0 Å². The first kappa shape index (κ1) is 13.2. The molecule has 2 saturated heterocycles. The molecule has 3 fully saturated rings. The van der Waals surface area contributed by atoms with E-state index < -0.39 is 0 Å². The third-order valence-electron chi connectivity index (χ3n) is 5.11. The van der Waals surface area contributed by atoms with Gasteiger partial charge in [0, 0.05) is 31.9 Å². The Kier molecular flexibility index (Phi) is 3.41. The van der Waals surface area contributed by atoms with Crippen molar-refractivity contribution in [3.8, 4) is 0 Å². The molecule has 0 bridgehead atoms. The largest absolute Gasteiger partial charge is 0.338 e. The third kappa shape index (κ3) is 2.69. The van der Waals surface area contributed by atoms with E-state index in [1.807, 2.05) is 10.9 Å². The van der Waals surface area contributed by atoms with Gasteiger partial charge < -0.3 is 4.90 Å². The van der Waals surface area contributed by atoms with E-state index in [1.54, 1.807) is 6.20 Å². The Hall–Kier alpha value is -1.43. The van der Waals surface area contributed by atoms with Crippen LogP contribution >= 0.6 is 0 Å². The fourth-order valence-corrected chi connectivity index (χ4v) is 3.90. The number of carbonyl (C=O) groups excluding carboxylic acids is 1. The Bertz CT molecular complexity index is 498. The first-order valence-electron chi connectivity index (χ1n) is 8.20. The van der Waals surface area contributed by atoms with Crippen molar-refractivity contribution >= 4 is 5.91 Å². The van der Waals surface area contributed by atoms with Gasteiger partial charge in [0.1, 0.15) is 0 Å². The Labute approximate surface area is 125 Å². The van der Waals surface area contributed by atoms with Gasteiger partial charge in [-0.1, -0.05) is 5.21 Å². The molecule has 6 heteroatoms. The number of piperidine rings is 1. The van der Waals surface area contributed by atoms with Gasteiger partial charge in [0.2, 0.25) is 5.91 Å². The van der Waals surface area contributed by atoms with Crippen LogP contribution in [0.2, 0.25) is 0 Å². The lowest BCUT2D eigenvalue weighted by Gasteiger charge is -2.35. The molecule has 3 aliphatic rings. The summed E-state index contributed by atoms with van der Waals surface area (Å²) in [4.78, 5) is 17.1. The molecule has 0 aromatic carbocycles. The fraction of sp³-hybridized carbons (Fsp3) is 0.800. The highest BCUT2D eigenvalue weighted by Gasteiger charge is 2.43. The molecule has 0 radical (unpaired) electrons. The summed E-state index contributed by atoms with van der Waals surface area (Å²) in [5.74, 6) is 0.974. The van der Waals surface area contributed by atoms with Crippen molar-refractivity contribution in [2.24, 2.45) is 5.92 Å². The van der Waals surface area contributed by atoms with Crippen molar-refractivity contribution in [3.63, 3.8) is 0 Å². The number of hydrogen-bond acceptors (Lipinski definition) is 4. The minimum Gasteiger partial charge on any atom is -0.338 e. The molecule has 4 rings (SSSR count). The molecule has 0 spiro atoms. The van der Waals surface area contributed by atoms with Crippen LogP contribution in [0, 0.1) is 5.92 Å². The summed E-state index contributed by atoms with van der Waals surface area (Å²) in [6.45, 7) is 3.99. The zero-order valence-electron chi connectivity index (χ0n) is 12.4. The van der Waals surface area contributed by atoms with E-state index in [0.29, 0.717) is 17.9 Å². The van der Waals surface area contributed by atoms with E-state index in [9.17, 15) is 4.79 Å². The zero-order valence-corrected chi connectivity index (χ0v) is 12.4. The second-order valence-electron chi connectivity index (χ2n) is 6.70. The normalized spacial score (nSPS) is 31.0. The van der Waals surface area contributed by atoms with Gasteiger partial charge in [-0.2, -0.15) is 0 Å². The van der Waals surface area contributed by atoms with Crippen molar-refractivity contribution in [3.05, 3.63) is 12.4 Å². The highest BCUT2D eigenvalue weighted by molar-refractivity contribution is 5.84. The molecule has 1 aliphatic carbocycles. The number of amides is 1. The topological polar surface area (TPSA) is 54.3 Å². The van der Waals surface area contributed by atoms with Crippen molar-refractivity contribution in [1.29, 1.82) is 0 Å². The monoisotopic (exact) mass is 289 g/mol. The van der Waals surface area contributed by atoms with Crippen molar-refractivity contribution < 1.29 is 4.79 Å². The quantitative estimate of drug-likeness (QED) is 0.821. The van der Waals surface area contributed by atoms with E-state index in [1.165, 1.54) is 25.7 Å². The Morgan fingerprint density at radius 3 is 2.86 bits per heavy atom. The molecule has 1 aromatic rings. The molecule has 2 unspecified atom stereocenters. The summed E-state index contributed by atoms with van der Waals surface area (Å²) < 4.78 is 1.92. The van der Waals surface area contributed by atoms with Crippen LogP contribution in [-0.4, -0.2) is 62.4 Å². The van der Waals surface area contributed by atoms with E-state index in [4.69, 9.17) is 0 Å². The van der Waals surface area contributed by atoms with Gasteiger partial charge in [0.15, 0.2) is 0 Å². The highest BCUT2D eigenvalue weighted by atomic mass is 16.2. The number of nitrogens with zero attached hydrogens (tertiary/aromatic N) is 5. The molecule has 21 heavy (non-hydrogen) atoms. The lowest BCUT2D eigenvalue weighted by Crippen LogP contribution is -2.47. The van der Waals surface area contributed by atoms with Crippen LogP contribution < -0.4 is 0 Å². The number of rotatable bonds is 4. The third-order valence-corrected chi connectivity index (χ3v) is 5.11. The van der Waals surface area contributed by atoms with E-state index in [0.717, 1.165) is 32.6 Å². The van der Waals surface area contributed by atoms with Gasteiger partial charge in [0.25, 0.3) is 0 Å². The van der Waals surface area contributed by atoms with Crippen LogP contribution in [-0.2, 0) is 11.3 Å². The fourth-order valence-electron chi connectivity index (χ4n) is 3.90. The molecular weight excluding hydrogens is 266 g/mol. The molecular formula is C15H23N5O. The van der Waals surface area contributed by atoms with Gasteiger partial charge in [-0.05, 0) is 44.6 Å². The van der Waals surface area contributed by atoms with Crippen LogP contribution in [0.5, 0.6) is 0 Å². The summed E-state index contributed by atoms with van der Waals surface area (Å²) in [6.07, 6.45) is 9.52. The van der Waals surface area contributed by atoms with E-state index in [-0.39, 0.29) is 6.04 Å². The highest BCUT2D eigenvalue weighted by Crippen LogP contribution is 2.33. The molecule has 2 atom stereocenters. The molecule has 1 amide bonds. The summed E-state index contributed by atoms with van der Waals surface area (Å²) >= 11 is 0. The predicted molar refractivity (Wildman–Crippen MR) is 77.5 cm³/mol. The van der Waals surface area contributed by atoms with Gasteiger partial charge in [-0.15, -0.1) is 5.10 Å². The lowest BCUT2D eigenvalue weighted by molar-refractivity contribution is -0.133. The standard InChI is InChI=1S/C15H23N5O/c21-15-14(5-8-20(15)13-3-4-13)18-7-1-2-12(10-18)11-19-9-6-16-17-19/h6,9,12-14H,1-5,7-8,10-11H2. The van der Waals surface area contributed by atoms with Gasteiger partial charge in [-0.25, -0.2) is 0 Å². The Balaban J connectivity index is 1.37. The van der Waals surface area contributed by atoms with Gasteiger partial charge in [-0.3, -0.25) is 14.4 Å². The zero-order chi connectivity index (χ0) is 14.2. The SMILES string of the molecule is O=C1C(N2CCCC(Cn3ccnn3)C2)CCN1C1CC1. The van der Waals surface area contributed by atoms with Crippen molar-refractivity contribution in [2.75, 3.05) is 19.6 Å². The Morgan fingerprint density at radius 2 is 2.10 bits per heavy atom. The maximum absolute atomic E-state index is 12.6. The average molecular weight is 289 g/mol. The molecule has 2 aliphatic heterocycles. The minimum absolute atomic E-state index is 0.143. The van der Waals surface area contributed by atoms with Crippen LogP contribution in [0.15, 0.2) is 12.4 Å². The second-order valence-corrected chi connectivity index (χ2v) is 6.70. The van der Waals surface area contributed by atoms with Gasteiger partial charge in [0.05, 0.1) is 12.2 Å². The molecule has 114 valence electrons. The van der Waals surface area contributed by atoms with Crippen LogP contribution in [0.25, 0.3) is 0 Å². The summed E-state index contributed by atoms with van der Waals surface area (Å²) in [7, 11) is 0. The number of hydrogen-bond donors (Lipinski definition) is 0. The minimum atomic E-state index is 0.143. The molecule has 3 heterocycles. The van der Waals surface area contributed by atoms with Crippen molar-refractivity contribution in [2.45, 2.75) is 50.7 Å². The van der Waals surface area contributed by atoms with E-state index >= 15 is 0 Å². The first-order chi connectivity index (χ1) is 10.3. The maximum atomic E-state index is 12.6. The summed E-state index contributed by atoms with van der Waals surface area (Å²) in [6, 6.07) is 0.711. The first-order valence-corrected chi connectivity index (χ1v) is 8.20. The van der Waals surface area contributed by atoms with Crippen molar-refractivity contribution in [1.82, 2.24) is 24.8 Å². The van der Waals surface area contributed by atoms with Gasteiger partial charge >= 0.3 is 0 Å². The smallest absolute Gasteiger partial charge is 0.240 e. The molecule has 0 N–H and O–H groups in total. The summed E-state index contributed by atoms with van der Waals surface area (Å²) in [5.41, 5.74) is 0. The number of carbonyl (C=O) groups is 1. The Morgan fingerprint density at radius 1 is 1.19 bits per heavy atom. The number of aromatic nitrogens is 3. The van der Waals surface area contributed by atoms with Crippen LogP contribution in [0.3, 0.4) is 0 Å². The van der Waals surface area contributed by atoms with E-state index in [2.05, 4.69) is 20.1 Å². The lowest BCUT2D eigenvalue weighted by atomic mass is 9.96. The molecule has 1 saturated carbocycles. The molecule has 1 aromatic heterocycles. The molecule has 6 nitrogen and oxygen atoms in total.